The number of ketones is 1. The first-order valence-corrected chi connectivity index (χ1v) is 10.2. The fourth-order valence-electron chi connectivity index (χ4n) is 3.57. The molecule has 32 heavy (non-hydrogen) atoms. The van der Waals surface area contributed by atoms with E-state index in [1.54, 1.807) is 31.3 Å². The van der Waals surface area contributed by atoms with Crippen molar-refractivity contribution in [3.05, 3.63) is 60.8 Å². The van der Waals surface area contributed by atoms with Crippen molar-refractivity contribution in [2.45, 2.75) is 6.10 Å². The van der Waals surface area contributed by atoms with Gasteiger partial charge in [-0.15, -0.1) is 5.11 Å². The van der Waals surface area contributed by atoms with Gasteiger partial charge >= 0.3 is 6.09 Å². The SMILES string of the molecule is C=CN=NN(C)CC1CN(c2ccc(-c3ccc(C(=O)C4CNC4)nc3)c(F)c2)C(=O)O1. The second kappa shape index (κ2) is 9.23. The molecule has 0 radical (unpaired) electrons. The molecule has 1 N–H and O–H groups in total. The Morgan fingerprint density at radius 3 is 2.84 bits per heavy atom. The smallest absolute Gasteiger partial charge is 0.414 e. The number of carbonyl (C=O) groups is 2. The molecule has 0 aliphatic carbocycles. The molecule has 2 saturated heterocycles. The number of carbonyl (C=O) groups excluding carboxylic acids is 2. The maximum absolute atomic E-state index is 14.9. The number of rotatable bonds is 8. The quantitative estimate of drug-likeness (QED) is 0.386. The van der Waals surface area contributed by atoms with Gasteiger partial charge in [0.1, 0.15) is 17.6 Å². The summed E-state index contributed by atoms with van der Waals surface area (Å²) < 4.78 is 20.2. The fourth-order valence-corrected chi connectivity index (χ4v) is 3.57. The number of anilines is 1. The molecule has 3 heterocycles. The third-order valence-corrected chi connectivity index (χ3v) is 5.37. The van der Waals surface area contributed by atoms with Gasteiger partial charge in [-0.1, -0.05) is 17.9 Å². The molecule has 2 aliphatic heterocycles. The summed E-state index contributed by atoms with van der Waals surface area (Å²) >= 11 is 0. The van der Waals surface area contributed by atoms with Crippen LogP contribution in [0.25, 0.3) is 11.1 Å². The largest absolute Gasteiger partial charge is 0.442 e. The van der Waals surface area contributed by atoms with E-state index in [1.165, 1.54) is 28.4 Å². The third-order valence-electron chi connectivity index (χ3n) is 5.37. The van der Waals surface area contributed by atoms with E-state index in [9.17, 15) is 14.0 Å². The van der Waals surface area contributed by atoms with Gasteiger partial charge in [0.2, 0.25) is 0 Å². The van der Waals surface area contributed by atoms with E-state index in [1.807, 2.05) is 0 Å². The summed E-state index contributed by atoms with van der Waals surface area (Å²) in [6, 6.07) is 7.83. The summed E-state index contributed by atoms with van der Waals surface area (Å²) in [5, 5.41) is 12.1. The first-order chi connectivity index (χ1) is 15.5. The van der Waals surface area contributed by atoms with Gasteiger partial charge in [-0.2, -0.15) is 0 Å². The predicted molar refractivity (Wildman–Crippen MR) is 116 cm³/mol. The molecular formula is C22H23FN6O3. The number of cyclic esters (lactones) is 1. The Hall–Kier alpha value is -3.66. The lowest BCUT2D eigenvalue weighted by atomic mass is 9.95. The Balaban J connectivity index is 1.45. The van der Waals surface area contributed by atoms with Crippen LogP contribution >= 0.6 is 0 Å². The molecule has 9 nitrogen and oxygen atoms in total. The zero-order valence-electron chi connectivity index (χ0n) is 17.6. The van der Waals surface area contributed by atoms with Gasteiger partial charge in [-0.25, -0.2) is 9.18 Å². The molecule has 4 rings (SSSR count). The fraction of sp³-hybridized carbons (Fsp3) is 0.318. The van der Waals surface area contributed by atoms with Crippen LogP contribution in [0.1, 0.15) is 10.5 Å². The lowest BCUT2D eigenvalue weighted by Gasteiger charge is -2.25. The van der Waals surface area contributed by atoms with E-state index in [0.717, 1.165) is 0 Å². The van der Waals surface area contributed by atoms with Crippen molar-refractivity contribution in [2.24, 2.45) is 16.3 Å². The molecule has 2 aromatic rings. The number of nitrogens with one attached hydrogen (secondary N) is 1. The van der Waals surface area contributed by atoms with Crippen LogP contribution in [-0.2, 0) is 4.74 Å². The molecule has 1 aromatic heterocycles. The summed E-state index contributed by atoms with van der Waals surface area (Å²) in [6.45, 7) is 5.38. The molecule has 1 atom stereocenters. The van der Waals surface area contributed by atoms with Crippen LogP contribution in [0.15, 0.2) is 59.6 Å². The number of ether oxygens (including phenoxy) is 1. The van der Waals surface area contributed by atoms with Gasteiger partial charge in [-0.05, 0) is 24.3 Å². The first kappa shape index (κ1) is 21.6. The Morgan fingerprint density at radius 2 is 2.22 bits per heavy atom. The van der Waals surface area contributed by atoms with Crippen LogP contribution in [0.2, 0.25) is 0 Å². The van der Waals surface area contributed by atoms with Crippen molar-refractivity contribution in [1.29, 1.82) is 0 Å². The summed E-state index contributed by atoms with van der Waals surface area (Å²) in [4.78, 5) is 30.1. The highest BCUT2D eigenvalue weighted by molar-refractivity contribution is 5.97. The van der Waals surface area contributed by atoms with Gasteiger partial charge < -0.3 is 10.1 Å². The van der Waals surface area contributed by atoms with Gasteiger partial charge in [0, 0.05) is 49.6 Å². The van der Waals surface area contributed by atoms with Crippen molar-refractivity contribution < 1.29 is 18.7 Å². The van der Waals surface area contributed by atoms with Crippen LogP contribution < -0.4 is 10.2 Å². The number of halogens is 1. The van der Waals surface area contributed by atoms with Gasteiger partial charge in [0.25, 0.3) is 0 Å². The summed E-state index contributed by atoms with van der Waals surface area (Å²) in [5.74, 6) is -0.553. The second-order valence-corrected chi connectivity index (χ2v) is 7.66. The maximum Gasteiger partial charge on any atom is 0.414 e. The van der Waals surface area contributed by atoms with E-state index >= 15 is 0 Å². The number of hydrogen-bond donors (Lipinski definition) is 1. The zero-order chi connectivity index (χ0) is 22.7. The lowest BCUT2D eigenvalue weighted by Crippen LogP contribution is -2.46. The maximum atomic E-state index is 14.9. The van der Waals surface area contributed by atoms with Crippen LogP contribution in [0.5, 0.6) is 0 Å². The molecule has 10 heteroatoms. The van der Waals surface area contributed by atoms with E-state index in [4.69, 9.17) is 4.74 Å². The van der Waals surface area contributed by atoms with E-state index in [0.29, 0.717) is 42.1 Å². The van der Waals surface area contributed by atoms with Crippen LogP contribution in [0, 0.1) is 11.7 Å². The molecule has 1 unspecified atom stereocenters. The Morgan fingerprint density at radius 1 is 1.41 bits per heavy atom. The number of amides is 1. The average molecular weight is 438 g/mol. The van der Waals surface area contributed by atoms with Gasteiger partial charge in [0.05, 0.1) is 18.8 Å². The van der Waals surface area contributed by atoms with Crippen molar-refractivity contribution in [1.82, 2.24) is 15.3 Å². The number of Topliss-reactive ketones (excluding diaryl/α,β-unsaturated/α-hetero) is 1. The second-order valence-electron chi connectivity index (χ2n) is 7.66. The molecule has 0 saturated carbocycles. The number of aromatic nitrogens is 1. The van der Waals surface area contributed by atoms with E-state index in [2.05, 4.69) is 27.2 Å². The monoisotopic (exact) mass is 438 g/mol. The van der Waals surface area contributed by atoms with E-state index in [-0.39, 0.29) is 18.2 Å². The molecular weight excluding hydrogens is 415 g/mol. The van der Waals surface area contributed by atoms with Gasteiger partial charge in [0.15, 0.2) is 5.78 Å². The third kappa shape index (κ3) is 4.50. The Labute approximate surface area is 184 Å². The van der Waals surface area contributed by atoms with Crippen LogP contribution in [0.4, 0.5) is 14.9 Å². The number of likely N-dealkylation sites (N-methyl/N-ethyl adjacent to an activating group) is 1. The molecule has 0 spiro atoms. The number of nitrogens with zero attached hydrogens (tertiary/aromatic N) is 5. The van der Waals surface area contributed by atoms with Crippen LogP contribution in [-0.4, -0.2) is 61.2 Å². The Bertz CT molecular complexity index is 1050. The van der Waals surface area contributed by atoms with Gasteiger partial charge in [-0.3, -0.25) is 19.7 Å². The molecule has 0 bridgehead atoms. The number of hydrogen-bond acceptors (Lipinski definition) is 7. The number of pyridine rings is 1. The molecule has 166 valence electrons. The lowest BCUT2D eigenvalue weighted by molar-refractivity contribution is 0.0872. The van der Waals surface area contributed by atoms with Crippen molar-refractivity contribution in [3.8, 4) is 11.1 Å². The normalized spacial score (nSPS) is 18.5. The summed E-state index contributed by atoms with van der Waals surface area (Å²) in [7, 11) is 1.70. The standard InChI is InChI=1S/C22H23FN6O3/c1-3-26-27-28(2)12-17-13-29(22(31)32-17)16-5-6-18(19(23)8-16)14-4-7-20(25-11-14)21(30)15-9-24-10-15/h3-8,11,15,17,24H,1,9-10,12-13H2,2H3. The van der Waals surface area contributed by atoms with E-state index < -0.39 is 18.0 Å². The minimum Gasteiger partial charge on any atom is -0.442 e. The molecule has 1 amide bonds. The highest BCUT2D eigenvalue weighted by atomic mass is 19.1. The minimum atomic E-state index is -0.550. The first-order valence-electron chi connectivity index (χ1n) is 10.2. The topological polar surface area (TPSA) is 99.5 Å². The van der Waals surface area contributed by atoms with Crippen LogP contribution in [0.3, 0.4) is 0 Å². The molecule has 2 aliphatic rings. The molecule has 1 aromatic carbocycles. The summed E-state index contributed by atoms with van der Waals surface area (Å²) in [5.41, 5.74) is 1.65. The van der Waals surface area contributed by atoms with Crippen molar-refractivity contribution in [3.63, 3.8) is 0 Å². The highest BCUT2D eigenvalue weighted by Gasteiger charge is 2.33. The Kier molecular flexibility index (Phi) is 6.22. The summed E-state index contributed by atoms with van der Waals surface area (Å²) in [6.07, 6.45) is 1.82. The average Bonchev–Trinajstić information content (AvgIpc) is 3.11. The van der Waals surface area contributed by atoms with Crippen molar-refractivity contribution >= 4 is 17.6 Å². The predicted octanol–water partition coefficient (Wildman–Crippen LogP) is 3.06. The van der Waals surface area contributed by atoms with Crippen molar-refractivity contribution in [2.75, 3.05) is 38.1 Å². The number of benzene rings is 1. The minimum absolute atomic E-state index is 0.00942. The zero-order valence-corrected chi connectivity index (χ0v) is 17.6. The molecule has 2 fully saturated rings. The highest BCUT2D eigenvalue weighted by Crippen LogP contribution is 2.29.